The monoisotopic (exact) mass is 502 g/mol. The molecule has 0 unspecified atom stereocenters. The average molecular weight is 503 g/mol. The second-order valence-electron chi connectivity index (χ2n) is 7.63. The number of likely N-dealkylation sites (tertiary alicyclic amines) is 1. The number of methoxy groups -OCH3 is 1. The number of aromatic nitrogens is 2. The highest BCUT2D eigenvalue weighted by Crippen LogP contribution is 2.32. The van der Waals surface area contributed by atoms with Crippen LogP contribution in [0.3, 0.4) is 0 Å². The van der Waals surface area contributed by atoms with E-state index in [2.05, 4.69) is 15.3 Å². The molecule has 2 amide bonds. The third kappa shape index (κ3) is 5.82. The Kier molecular flexibility index (Phi) is 7.61. The number of nitrogens with one attached hydrogen (secondary N) is 1. The number of pyridine rings is 1. The van der Waals surface area contributed by atoms with E-state index >= 15 is 0 Å². The molecule has 178 valence electrons. The molecule has 1 aromatic carbocycles. The molecule has 1 aliphatic rings. The second kappa shape index (κ2) is 10.8. The van der Waals surface area contributed by atoms with Crippen molar-refractivity contribution in [3.63, 3.8) is 0 Å². The van der Waals surface area contributed by atoms with Crippen molar-refractivity contribution in [2.75, 3.05) is 32.1 Å². The number of thiazole rings is 1. The van der Waals surface area contributed by atoms with Crippen molar-refractivity contribution in [3.8, 4) is 17.4 Å². The summed E-state index contributed by atoms with van der Waals surface area (Å²) in [6.07, 6.45) is 3.77. The summed E-state index contributed by atoms with van der Waals surface area (Å²) in [5, 5.41) is 5.15. The largest absolute Gasteiger partial charge is 0.488 e. The Hall–Kier alpha value is -3.21. The average Bonchev–Trinajstić information content (AvgIpc) is 3.27. The molecule has 0 aliphatic carbocycles. The Bertz CT molecular complexity index is 1170. The number of carbonyl (C=O) groups excluding carboxylic acids is 2. The van der Waals surface area contributed by atoms with Gasteiger partial charge in [-0.25, -0.2) is 9.97 Å². The highest BCUT2D eigenvalue weighted by atomic mass is 35.5. The van der Waals surface area contributed by atoms with Gasteiger partial charge in [-0.15, -0.1) is 11.3 Å². The Balaban J connectivity index is 1.57. The quantitative estimate of drug-likeness (QED) is 0.459. The van der Waals surface area contributed by atoms with Gasteiger partial charge in [0.05, 0.1) is 12.2 Å². The zero-order chi connectivity index (χ0) is 24.1. The highest BCUT2D eigenvalue weighted by Gasteiger charge is 2.23. The van der Waals surface area contributed by atoms with Gasteiger partial charge in [0.2, 0.25) is 5.88 Å². The summed E-state index contributed by atoms with van der Waals surface area (Å²) in [5.41, 5.74) is 0.694. The summed E-state index contributed by atoms with van der Waals surface area (Å²) in [6, 6.07) is 6.31. The summed E-state index contributed by atoms with van der Waals surface area (Å²) in [6.45, 7) is 3.67. The normalized spacial score (nSPS) is 13.7. The molecule has 1 atom stereocenters. The number of ether oxygens (including phenoxy) is 3. The van der Waals surface area contributed by atoms with Gasteiger partial charge in [0.1, 0.15) is 22.6 Å². The van der Waals surface area contributed by atoms with E-state index < -0.39 is 0 Å². The van der Waals surface area contributed by atoms with E-state index in [1.807, 2.05) is 6.92 Å². The van der Waals surface area contributed by atoms with E-state index in [-0.39, 0.29) is 28.8 Å². The third-order valence-electron chi connectivity index (χ3n) is 4.95. The van der Waals surface area contributed by atoms with E-state index in [0.29, 0.717) is 34.4 Å². The molecule has 3 heterocycles. The predicted molar refractivity (Wildman–Crippen MR) is 128 cm³/mol. The van der Waals surface area contributed by atoms with Crippen LogP contribution in [-0.2, 0) is 4.74 Å². The number of amides is 2. The molecule has 3 aromatic rings. The summed E-state index contributed by atoms with van der Waals surface area (Å²) in [7, 11) is 1.58. The molecule has 1 aliphatic heterocycles. The SMILES string of the molecule is COC[C@H](C)Oc1cc(Oc2ncc(C(=O)N3CCC3)cc2Cl)cc(C(=O)Nc2nccs2)c1. The first kappa shape index (κ1) is 23.9. The fourth-order valence-electron chi connectivity index (χ4n) is 3.22. The fourth-order valence-corrected chi connectivity index (χ4v) is 3.95. The molecule has 1 N–H and O–H groups in total. The van der Waals surface area contributed by atoms with Crippen LogP contribution in [0.15, 0.2) is 42.0 Å². The molecule has 9 nitrogen and oxygen atoms in total. The van der Waals surface area contributed by atoms with Gasteiger partial charge in [-0.2, -0.15) is 0 Å². The topological polar surface area (TPSA) is 103 Å². The summed E-state index contributed by atoms with van der Waals surface area (Å²) >= 11 is 7.67. The number of benzene rings is 1. The lowest BCUT2D eigenvalue weighted by atomic mass is 10.1. The Morgan fingerprint density at radius 3 is 2.62 bits per heavy atom. The van der Waals surface area contributed by atoms with Crippen molar-refractivity contribution in [3.05, 3.63) is 58.2 Å². The predicted octanol–water partition coefficient (Wildman–Crippen LogP) is 4.50. The maximum absolute atomic E-state index is 12.8. The van der Waals surface area contributed by atoms with Crippen LogP contribution < -0.4 is 14.8 Å². The van der Waals surface area contributed by atoms with Gasteiger partial charge in [0.25, 0.3) is 11.8 Å². The second-order valence-corrected chi connectivity index (χ2v) is 8.93. The van der Waals surface area contributed by atoms with E-state index in [1.165, 1.54) is 23.6 Å². The third-order valence-corrected chi connectivity index (χ3v) is 5.91. The lowest BCUT2D eigenvalue weighted by Gasteiger charge is -2.30. The van der Waals surface area contributed by atoms with Crippen molar-refractivity contribution in [2.45, 2.75) is 19.4 Å². The van der Waals surface area contributed by atoms with Crippen LogP contribution in [0.4, 0.5) is 5.13 Å². The van der Waals surface area contributed by atoms with Crippen molar-refractivity contribution >= 4 is 39.9 Å². The van der Waals surface area contributed by atoms with Crippen LogP contribution in [0.2, 0.25) is 5.02 Å². The number of anilines is 1. The lowest BCUT2D eigenvalue weighted by molar-refractivity contribution is 0.0651. The minimum atomic E-state index is -0.376. The van der Waals surface area contributed by atoms with Crippen LogP contribution >= 0.6 is 22.9 Å². The maximum Gasteiger partial charge on any atom is 0.257 e. The molecule has 2 aromatic heterocycles. The summed E-state index contributed by atoms with van der Waals surface area (Å²) < 4.78 is 16.9. The molecule has 4 rings (SSSR count). The smallest absolute Gasteiger partial charge is 0.257 e. The van der Waals surface area contributed by atoms with Crippen molar-refractivity contribution < 1.29 is 23.8 Å². The first-order valence-electron chi connectivity index (χ1n) is 10.6. The molecule has 0 radical (unpaired) electrons. The Labute approximate surface area is 205 Å². The molecule has 1 fully saturated rings. The number of hydrogen-bond donors (Lipinski definition) is 1. The molecule has 34 heavy (non-hydrogen) atoms. The standard InChI is InChI=1S/C23H23ClN4O5S/c1-14(13-31-2)32-17-8-15(20(29)27-23-25-4-7-34-23)9-18(11-17)33-21-19(24)10-16(12-26-21)22(30)28-5-3-6-28/h4,7-12,14H,3,5-6,13H2,1-2H3,(H,25,27,29)/t14-/m0/s1. The fraction of sp³-hybridized carbons (Fsp3) is 0.304. The molecular formula is C23H23ClN4O5S. The molecule has 0 saturated carbocycles. The first-order chi connectivity index (χ1) is 16.4. The molecule has 0 spiro atoms. The van der Waals surface area contributed by atoms with Gasteiger partial charge in [0.15, 0.2) is 5.13 Å². The van der Waals surface area contributed by atoms with E-state index in [0.717, 1.165) is 19.5 Å². The van der Waals surface area contributed by atoms with Gasteiger partial charge in [-0.1, -0.05) is 11.6 Å². The maximum atomic E-state index is 12.8. The lowest BCUT2D eigenvalue weighted by Crippen LogP contribution is -2.42. The number of halogens is 1. The van der Waals surface area contributed by atoms with Crippen molar-refractivity contribution in [1.29, 1.82) is 0 Å². The van der Waals surface area contributed by atoms with Crippen LogP contribution in [0.25, 0.3) is 0 Å². The molecular weight excluding hydrogens is 480 g/mol. The van der Waals surface area contributed by atoms with Crippen LogP contribution in [-0.4, -0.2) is 59.6 Å². The number of hydrogen-bond acceptors (Lipinski definition) is 8. The van der Waals surface area contributed by atoms with E-state index in [4.69, 9.17) is 25.8 Å². The Morgan fingerprint density at radius 1 is 1.18 bits per heavy atom. The van der Waals surface area contributed by atoms with E-state index in [9.17, 15) is 9.59 Å². The minimum absolute atomic E-state index is 0.107. The van der Waals surface area contributed by atoms with Crippen LogP contribution in [0.5, 0.6) is 17.4 Å². The van der Waals surface area contributed by atoms with Gasteiger partial charge in [-0.3, -0.25) is 14.9 Å². The first-order valence-corrected chi connectivity index (χ1v) is 11.8. The summed E-state index contributed by atoms with van der Waals surface area (Å²) in [4.78, 5) is 35.2. The Morgan fingerprint density at radius 2 is 1.97 bits per heavy atom. The van der Waals surface area contributed by atoms with E-state index in [1.54, 1.807) is 41.8 Å². The highest BCUT2D eigenvalue weighted by molar-refractivity contribution is 7.13. The van der Waals surface area contributed by atoms with Gasteiger partial charge < -0.3 is 19.1 Å². The van der Waals surface area contributed by atoms with Gasteiger partial charge in [-0.05, 0) is 31.5 Å². The molecule has 1 saturated heterocycles. The van der Waals surface area contributed by atoms with Crippen molar-refractivity contribution in [1.82, 2.24) is 14.9 Å². The minimum Gasteiger partial charge on any atom is -0.488 e. The zero-order valence-electron chi connectivity index (χ0n) is 18.6. The summed E-state index contributed by atoms with van der Waals surface area (Å²) in [5.74, 6) is 0.319. The van der Waals surface area contributed by atoms with Crippen LogP contribution in [0.1, 0.15) is 34.1 Å². The number of rotatable bonds is 9. The molecule has 11 heteroatoms. The van der Waals surface area contributed by atoms with Gasteiger partial charge >= 0.3 is 0 Å². The number of nitrogens with zero attached hydrogens (tertiary/aromatic N) is 3. The van der Waals surface area contributed by atoms with Crippen LogP contribution in [0, 0.1) is 0 Å². The zero-order valence-corrected chi connectivity index (χ0v) is 20.2. The van der Waals surface area contributed by atoms with Gasteiger partial charge in [0, 0.05) is 49.6 Å². The molecule has 0 bridgehead atoms. The number of carbonyl (C=O) groups is 2. The van der Waals surface area contributed by atoms with Crippen molar-refractivity contribution in [2.24, 2.45) is 0 Å².